The van der Waals surface area contributed by atoms with Crippen LogP contribution in [0, 0.1) is 0 Å². The molecular formula is C14H21NO2. The van der Waals surface area contributed by atoms with Crippen molar-refractivity contribution in [2.75, 3.05) is 7.11 Å². The van der Waals surface area contributed by atoms with Crippen molar-refractivity contribution < 1.29 is 9.47 Å². The fourth-order valence-corrected chi connectivity index (χ4v) is 2.30. The number of hydrogen-bond acceptors (Lipinski definition) is 3. The Hall–Kier alpha value is -1.22. The zero-order valence-corrected chi connectivity index (χ0v) is 10.4. The normalized spacial score (nSPS) is 25.1. The molecule has 0 spiro atoms. The Bertz CT molecular complexity index is 354. The predicted octanol–water partition coefficient (Wildman–Crippen LogP) is 2.73. The molecule has 0 amide bonds. The van der Waals surface area contributed by atoms with Crippen LogP contribution in [-0.2, 0) is 0 Å². The average Bonchev–Trinajstić information content (AvgIpc) is 2.55. The van der Waals surface area contributed by atoms with Crippen LogP contribution in [0.1, 0.15) is 32.1 Å². The third kappa shape index (κ3) is 3.37. The van der Waals surface area contributed by atoms with E-state index in [1.165, 1.54) is 19.3 Å². The van der Waals surface area contributed by atoms with E-state index >= 15 is 0 Å². The van der Waals surface area contributed by atoms with Gasteiger partial charge in [-0.05, 0) is 31.4 Å². The minimum atomic E-state index is 0.143. The summed E-state index contributed by atoms with van der Waals surface area (Å²) in [6, 6.07) is 7.89. The molecule has 3 nitrogen and oxygen atoms in total. The Labute approximate surface area is 103 Å². The summed E-state index contributed by atoms with van der Waals surface area (Å²) >= 11 is 0. The second-order valence-electron chi connectivity index (χ2n) is 4.64. The van der Waals surface area contributed by atoms with E-state index < -0.39 is 0 Å². The van der Waals surface area contributed by atoms with Gasteiger partial charge in [0, 0.05) is 12.1 Å². The van der Waals surface area contributed by atoms with Crippen LogP contribution in [0.4, 0.5) is 0 Å². The Morgan fingerprint density at radius 2 is 1.88 bits per heavy atom. The summed E-state index contributed by atoms with van der Waals surface area (Å²) < 4.78 is 11.2. The smallest absolute Gasteiger partial charge is 0.123 e. The number of benzene rings is 1. The molecule has 1 aliphatic rings. The van der Waals surface area contributed by atoms with E-state index in [9.17, 15) is 0 Å². The van der Waals surface area contributed by atoms with E-state index in [1.54, 1.807) is 7.11 Å². The maximum atomic E-state index is 6.14. The van der Waals surface area contributed by atoms with Gasteiger partial charge in [-0.15, -0.1) is 0 Å². The van der Waals surface area contributed by atoms with Crippen molar-refractivity contribution in [2.24, 2.45) is 5.73 Å². The monoisotopic (exact) mass is 235 g/mol. The highest BCUT2D eigenvalue weighted by atomic mass is 16.5. The third-order valence-electron chi connectivity index (χ3n) is 3.33. The Morgan fingerprint density at radius 1 is 1.12 bits per heavy atom. The number of hydrogen-bond donors (Lipinski definition) is 1. The van der Waals surface area contributed by atoms with Crippen molar-refractivity contribution in [3.05, 3.63) is 24.3 Å². The number of rotatable bonds is 3. The standard InChI is InChI=1S/C14H21NO2/c1-16-11-6-5-7-12(10-11)17-14-9-4-2-3-8-13(14)15/h5-7,10,13-14H,2-4,8-9,15H2,1H3. The van der Waals surface area contributed by atoms with Gasteiger partial charge < -0.3 is 15.2 Å². The van der Waals surface area contributed by atoms with Crippen LogP contribution in [0.15, 0.2) is 24.3 Å². The Morgan fingerprint density at radius 3 is 2.71 bits per heavy atom. The molecule has 0 saturated heterocycles. The maximum Gasteiger partial charge on any atom is 0.123 e. The first kappa shape index (κ1) is 12.2. The fourth-order valence-electron chi connectivity index (χ4n) is 2.30. The summed E-state index contributed by atoms with van der Waals surface area (Å²) in [5.41, 5.74) is 6.14. The zero-order chi connectivity index (χ0) is 12.1. The van der Waals surface area contributed by atoms with Crippen molar-refractivity contribution in [3.63, 3.8) is 0 Å². The summed E-state index contributed by atoms with van der Waals surface area (Å²) in [6.45, 7) is 0. The molecule has 0 radical (unpaired) electrons. The Balaban J connectivity index is 2.02. The molecule has 2 atom stereocenters. The highest BCUT2D eigenvalue weighted by Gasteiger charge is 2.21. The molecule has 1 fully saturated rings. The van der Waals surface area contributed by atoms with E-state index in [-0.39, 0.29) is 12.1 Å². The highest BCUT2D eigenvalue weighted by Crippen LogP contribution is 2.24. The van der Waals surface area contributed by atoms with E-state index in [0.29, 0.717) is 0 Å². The number of ether oxygens (including phenoxy) is 2. The van der Waals surface area contributed by atoms with Gasteiger partial charge in [-0.25, -0.2) is 0 Å². The second kappa shape index (κ2) is 5.92. The molecule has 17 heavy (non-hydrogen) atoms. The SMILES string of the molecule is COc1cccc(OC2CCCCCC2N)c1. The van der Waals surface area contributed by atoms with Gasteiger partial charge in [-0.3, -0.25) is 0 Å². The van der Waals surface area contributed by atoms with Gasteiger partial charge >= 0.3 is 0 Å². The molecule has 1 aromatic carbocycles. The van der Waals surface area contributed by atoms with Gasteiger partial charge in [0.1, 0.15) is 17.6 Å². The number of nitrogens with two attached hydrogens (primary N) is 1. The lowest BCUT2D eigenvalue weighted by atomic mass is 10.1. The molecule has 0 aromatic heterocycles. The summed E-state index contributed by atoms with van der Waals surface area (Å²) in [7, 11) is 1.66. The van der Waals surface area contributed by atoms with E-state index in [0.717, 1.165) is 24.3 Å². The van der Waals surface area contributed by atoms with Crippen LogP contribution in [-0.4, -0.2) is 19.3 Å². The molecule has 2 rings (SSSR count). The molecule has 3 heteroatoms. The maximum absolute atomic E-state index is 6.14. The van der Waals surface area contributed by atoms with Crippen LogP contribution in [0.2, 0.25) is 0 Å². The van der Waals surface area contributed by atoms with Gasteiger partial charge in [-0.2, -0.15) is 0 Å². The third-order valence-corrected chi connectivity index (χ3v) is 3.33. The van der Waals surface area contributed by atoms with E-state index in [2.05, 4.69) is 0 Å². The second-order valence-corrected chi connectivity index (χ2v) is 4.64. The van der Waals surface area contributed by atoms with Gasteiger partial charge in [-0.1, -0.05) is 18.9 Å². The van der Waals surface area contributed by atoms with Gasteiger partial charge in [0.2, 0.25) is 0 Å². The summed E-state index contributed by atoms with van der Waals surface area (Å²) in [4.78, 5) is 0. The molecule has 0 heterocycles. The molecular weight excluding hydrogens is 214 g/mol. The lowest BCUT2D eigenvalue weighted by Gasteiger charge is -2.23. The van der Waals surface area contributed by atoms with Crippen molar-refractivity contribution in [1.82, 2.24) is 0 Å². The van der Waals surface area contributed by atoms with Crippen molar-refractivity contribution in [1.29, 1.82) is 0 Å². The predicted molar refractivity (Wildman–Crippen MR) is 68.5 cm³/mol. The lowest BCUT2D eigenvalue weighted by molar-refractivity contribution is 0.162. The van der Waals surface area contributed by atoms with Gasteiger partial charge in [0.05, 0.1) is 7.11 Å². The molecule has 1 aromatic rings. The largest absolute Gasteiger partial charge is 0.497 e. The summed E-state index contributed by atoms with van der Waals surface area (Å²) in [5.74, 6) is 1.68. The van der Waals surface area contributed by atoms with Crippen LogP contribution in [0.5, 0.6) is 11.5 Å². The Kier molecular flexibility index (Phi) is 4.26. The van der Waals surface area contributed by atoms with Crippen LogP contribution >= 0.6 is 0 Å². The molecule has 94 valence electrons. The fraction of sp³-hybridized carbons (Fsp3) is 0.571. The molecule has 0 bridgehead atoms. The number of methoxy groups -OCH3 is 1. The lowest BCUT2D eigenvalue weighted by Crippen LogP contribution is -2.37. The van der Waals surface area contributed by atoms with E-state index in [1.807, 2.05) is 24.3 Å². The van der Waals surface area contributed by atoms with E-state index in [4.69, 9.17) is 15.2 Å². The molecule has 2 N–H and O–H groups in total. The minimum Gasteiger partial charge on any atom is -0.497 e. The van der Waals surface area contributed by atoms with Crippen LogP contribution < -0.4 is 15.2 Å². The molecule has 1 saturated carbocycles. The topological polar surface area (TPSA) is 44.5 Å². The van der Waals surface area contributed by atoms with Gasteiger partial charge in [0.25, 0.3) is 0 Å². The molecule has 1 aliphatic carbocycles. The minimum absolute atomic E-state index is 0.143. The first-order valence-corrected chi connectivity index (χ1v) is 6.36. The summed E-state index contributed by atoms with van der Waals surface area (Å²) in [5, 5.41) is 0. The summed E-state index contributed by atoms with van der Waals surface area (Å²) in [6.07, 6.45) is 5.96. The first-order chi connectivity index (χ1) is 8.29. The first-order valence-electron chi connectivity index (χ1n) is 6.36. The highest BCUT2D eigenvalue weighted by molar-refractivity contribution is 5.33. The zero-order valence-electron chi connectivity index (χ0n) is 10.4. The van der Waals surface area contributed by atoms with Crippen molar-refractivity contribution in [3.8, 4) is 11.5 Å². The average molecular weight is 235 g/mol. The quantitative estimate of drug-likeness (QED) is 0.819. The molecule has 0 aliphatic heterocycles. The van der Waals surface area contributed by atoms with Crippen molar-refractivity contribution >= 4 is 0 Å². The van der Waals surface area contributed by atoms with Crippen molar-refractivity contribution in [2.45, 2.75) is 44.2 Å². The van der Waals surface area contributed by atoms with Crippen LogP contribution in [0.25, 0.3) is 0 Å². The van der Waals surface area contributed by atoms with Crippen LogP contribution in [0.3, 0.4) is 0 Å². The molecule has 2 unspecified atom stereocenters. The van der Waals surface area contributed by atoms with Gasteiger partial charge in [0.15, 0.2) is 0 Å².